The molecular formula is C60H39N3. The minimum absolute atomic E-state index is 1.12. The van der Waals surface area contributed by atoms with Gasteiger partial charge in [-0.05, 0) is 106 Å². The van der Waals surface area contributed by atoms with E-state index in [1.807, 2.05) is 0 Å². The fourth-order valence-electron chi connectivity index (χ4n) is 10.3. The van der Waals surface area contributed by atoms with Crippen LogP contribution in [0.4, 0.5) is 0 Å². The fourth-order valence-corrected chi connectivity index (χ4v) is 10.3. The van der Waals surface area contributed by atoms with Gasteiger partial charge in [0, 0.05) is 38.0 Å². The van der Waals surface area contributed by atoms with Crippen molar-refractivity contribution in [2.24, 2.45) is 0 Å². The van der Waals surface area contributed by atoms with Crippen molar-refractivity contribution in [2.45, 2.75) is 0 Å². The van der Waals surface area contributed by atoms with Crippen molar-refractivity contribution in [3.05, 3.63) is 237 Å². The SMILES string of the molecule is c1ccc(-c2cccc(-c3cc(-c4ccccc4)cc(-n4c5ccccc5c5c(-n6c7ccccc7c7c(-n8c9ccccc9c9ccccc98)cccc76)cccc54)c3)c2)cc1. The molecule has 0 atom stereocenters. The van der Waals surface area contributed by atoms with Crippen molar-refractivity contribution < 1.29 is 0 Å². The summed E-state index contributed by atoms with van der Waals surface area (Å²) in [6, 6.07) is 86.5. The Balaban J connectivity index is 1.08. The standard InChI is InChI=1S/C60H39N3/c1-3-18-40(19-4-1)42-22-15-23-43(36-42)45-37-44(41-20-5-2-6-21-41)38-46(39-45)61-53-30-13-9-26-49(53)59-55(61)32-16-34-57(59)63-54-31-14-10-27-50(54)60-56(33-17-35-58(60)63)62-51-28-11-7-24-47(51)48-25-8-12-29-52(48)62/h1-39H. The van der Waals surface area contributed by atoms with E-state index in [0.717, 1.165) is 16.9 Å². The maximum Gasteiger partial charge on any atom is 0.0562 e. The molecule has 0 aliphatic carbocycles. The lowest BCUT2D eigenvalue weighted by molar-refractivity contribution is 1.17. The van der Waals surface area contributed by atoms with Crippen LogP contribution in [-0.4, -0.2) is 13.7 Å². The largest absolute Gasteiger partial charge is 0.309 e. The number of hydrogen-bond acceptors (Lipinski definition) is 0. The summed E-state index contributed by atoms with van der Waals surface area (Å²) in [6.45, 7) is 0. The van der Waals surface area contributed by atoms with Crippen molar-refractivity contribution >= 4 is 65.4 Å². The van der Waals surface area contributed by atoms with E-state index in [4.69, 9.17) is 0 Å². The Morgan fingerprint density at radius 1 is 0.206 bits per heavy atom. The molecule has 3 heteroatoms. The molecule has 10 aromatic carbocycles. The van der Waals surface area contributed by atoms with Crippen LogP contribution in [0.1, 0.15) is 0 Å². The Hall–Kier alpha value is -8.40. The molecule has 3 aromatic heterocycles. The summed E-state index contributed by atoms with van der Waals surface area (Å²) < 4.78 is 7.44. The molecule has 0 aliphatic rings. The fraction of sp³-hybridized carbons (Fsp3) is 0. The Kier molecular flexibility index (Phi) is 7.91. The second-order valence-electron chi connectivity index (χ2n) is 16.5. The highest BCUT2D eigenvalue weighted by Crippen LogP contribution is 2.44. The number of hydrogen-bond donors (Lipinski definition) is 0. The quantitative estimate of drug-likeness (QED) is 0.159. The van der Waals surface area contributed by atoms with Crippen LogP contribution in [0.5, 0.6) is 0 Å². The van der Waals surface area contributed by atoms with E-state index in [1.54, 1.807) is 0 Å². The van der Waals surface area contributed by atoms with Gasteiger partial charge >= 0.3 is 0 Å². The van der Waals surface area contributed by atoms with Crippen LogP contribution in [0.3, 0.4) is 0 Å². The third-order valence-corrected chi connectivity index (χ3v) is 13.0. The summed E-state index contributed by atoms with van der Waals surface area (Å²) in [5.41, 5.74) is 17.7. The van der Waals surface area contributed by atoms with Gasteiger partial charge in [-0.2, -0.15) is 0 Å². The molecule has 0 spiro atoms. The zero-order valence-electron chi connectivity index (χ0n) is 34.4. The Labute approximate surface area is 364 Å². The predicted octanol–water partition coefficient (Wildman–Crippen LogP) is 16.0. The predicted molar refractivity (Wildman–Crippen MR) is 266 cm³/mol. The zero-order valence-corrected chi connectivity index (χ0v) is 34.4. The van der Waals surface area contributed by atoms with Gasteiger partial charge in [0.15, 0.2) is 0 Å². The molecule has 0 saturated heterocycles. The minimum Gasteiger partial charge on any atom is -0.309 e. The van der Waals surface area contributed by atoms with Gasteiger partial charge in [-0.3, -0.25) is 0 Å². The summed E-state index contributed by atoms with van der Waals surface area (Å²) in [5, 5.41) is 7.41. The van der Waals surface area contributed by atoms with Crippen molar-refractivity contribution in [2.75, 3.05) is 0 Å². The van der Waals surface area contributed by atoms with Crippen molar-refractivity contribution in [1.29, 1.82) is 0 Å². The molecule has 0 saturated carbocycles. The van der Waals surface area contributed by atoms with Gasteiger partial charge in [-0.15, -0.1) is 0 Å². The number of para-hydroxylation sites is 4. The van der Waals surface area contributed by atoms with E-state index < -0.39 is 0 Å². The second-order valence-corrected chi connectivity index (χ2v) is 16.5. The molecule has 3 nitrogen and oxygen atoms in total. The molecule has 0 bridgehead atoms. The molecule has 294 valence electrons. The number of aromatic nitrogens is 3. The Morgan fingerprint density at radius 3 is 1.10 bits per heavy atom. The smallest absolute Gasteiger partial charge is 0.0562 e. The number of nitrogens with zero attached hydrogens (tertiary/aromatic N) is 3. The van der Waals surface area contributed by atoms with Crippen molar-refractivity contribution in [3.8, 4) is 50.4 Å². The number of rotatable bonds is 6. The average molecular weight is 802 g/mol. The van der Waals surface area contributed by atoms with Crippen molar-refractivity contribution in [1.82, 2.24) is 13.7 Å². The molecule has 13 rings (SSSR count). The third-order valence-electron chi connectivity index (χ3n) is 13.0. The van der Waals surface area contributed by atoms with Gasteiger partial charge in [0.05, 0.1) is 44.5 Å². The second kappa shape index (κ2) is 14.1. The Morgan fingerprint density at radius 2 is 0.540 bits per heavy atom. The number of fused-ring (bicyclic) bond motifs is 9. The van der Waals surface area contributed by atoms with Gasteiger partial charge in [0.1, 0.15) is 0 Å². The molecule has 0 aliphatic heterocycles. The molecular weight excluding hydrogens is 763 g/mol. The van der Waals surface area contributed by atoms with E-state index in [1.165, 1.54) is 99.0 Å². The first-order valence-electron chi connectivity index (χ1n) is 21.7. The van der Waals surface area contributed by atoms with Crippen LogP contribution in [0, 0.1) is 0 Å². The van der Waals surface area contributed by atoms with Crippen LogP contribution >= 0.6 is 0 Å². The minimum atomic E-state index is 1.12. The van der Waals surface area contributed by atoms with E-state index in [9.17, 15) is 0 Å². The molecule has 3 heterocycles. The van der Waals surface area contributed by atoms with Gasteiger partial charge in [-0.25, -0.2) is 0 Å². The summed E-state index contributed by atoms with van der Waals surface area (Å²) >= 11 is 0. The summed E-state index contributed by atoms with van der Waals surface area (Å²) in [5.74, 6) is 0. The highest BCUT2D eigenvalue weighted by atomic mass is 15.0. The highest BCUT2D eigenvalue weighted by molar-refractivity contribution is 6.19. The van der Waals surface area contributed by atoms with Gasteiger partial charge in [-0.1, -0.05) is 164 Å². The molecule has 0 radical (unpaired) electrons. The lowest BCUT2D eigenvalue weighted by Crippen LogP contribution is -1.98. The first-order chi connectivity index (χ1) is 31.3. The molecule has 0 fully saturated rings. The van der Waals surface area contributed by atoms with Gasteiger partial charge < -0.3 is 13.7 Å². The maximum absolute atomic E-state index is 2.50. The van der Waals surface area contributed by atoms with Crippen molar-refractivity contribution in [3.63, 3.8) is 0 Å². The molecule has 13 aromatic rings. The Bertz CT molecular complexity index is 3850. The van der Waals surface area contributed by atoms with Crippen LogP contribution in [-0.2, 0) is 0 Å². The van der Waals surface area contributed by atoms with E-state index in [2.05, 4.69) is 250 Å². The monoisotopic (exact) mass is 801 g/mol. The maximum atomic E-state index is 2.50. The summed E-state index contributed by atoms with van der Waals surface area (Å²) in [6.07, 6.45) is 0. The number of benzene rings is 10. The van der Waals surface area contributed by atoms with E-state index >= 15 is 0 Å². The van der Waals surface area contributed by atoms with Crippen LogP contribution in [0.2, 0.25) is 0 Å². The van der Waals surface area contributed by atoms with Crippen LogP contribution in [0.25, 0.3) is 116 Å². The topological polar surface area (TPSA) is 14.8 Å². The molecule has 0 amide bonds. The first kappa shape index (κ1) is 35.4. The lowest BCUT2D eigenvalue weighted by atomic mass is 9.95. The van der Waals surface area contributed by atoms with Crippen LogP contribution in [0.15, 0.2) is 237 Å². The normalized spacial score (nSPS) is 11.8. The highest BCUT2D eigenvalue weighted by Gasteiger charge is 2.23. The summed E-state index contributed by atoms with van der Waals surface area (Å²) in [4.78, 5) is 0. The zero-order chi connectivity index (χ0) is 41.4. The molecule has 63 heavy (non-hydrogen) atoms. The van der Waals surface area contributed by atoms with Crippen LogP contribution < -0.4 is 0 Å². The van der Waals surface area contributed by atoms with E-state index in [0.29, 0.717) is 0 Å². The molecule has 0 N–H and O–H groups in total. The lowest BCUT2D eigenvalue weighted by Gasteiger charge is -2.15. The third kappa shape index (κ3) is 5.46. The average Bonchev–Trinajstić information content (AvgIpc) is 4.01. The van der Waals surface area contributed by atoms with Gasteiger partial charge in [0.25, 0.3) is 0 Å². The molecule has 0 unspecified atom stereocenters. The first-order valence-corrected chi connectivity index (χ1v) is 21.7. The van der Waals surface area contributed by atoms with E-state index in [-0.39, 0.29) is 0 Å². The summed E-state index contributed by atoms with van der Waals surface area (Å²) in [7, 11) is 0. The van der Waals surface area contributed by atoms with Gasteiger partial charge in [0.2, 0.25) is 0 Å².